The summed E-state index contributed by atoms with van der Waals surface area (Å²) < 4.78 is 30.3. The fourth-order valence-corrected chi connectivity index (χ4v) is 3.52. The highest BCUT2D eigenvalue weighted by atomic mass is 16.6. The van der Waals surface area contributed by atoms with E-state index in [2.05, 4.69) is 15.3 Å². The molecular weight excluding hydrogens is 466 g/mol. The van der Waals surface area contributed by atoms with Crippen LogP contribution in [0.5, 0.6) is 0 Å². The van der Waals surface area contributed by atoms with Crippen molar-refractivity contribution in [3.05, 3.63) is 0 Å². The summed E-state index contributed by atoms with van der Waals surface area (Å²) in [4.78, 5) is 40.4. The zero-order chi connectivity index (χ0) is 26.0. The van der Waals surface area contributed by atoms with Crippen LogP contribution in [-0.4, -0.2) is 111 Å². The van der Waals surface area contributed by atoms with Crippen LogP contribution in [-0.2, 0) is 42.8 Å². The highest BCUT2D eigenvalue weighted by Crippen LogP contribution is 2.19. The van der Waals surface area contributed by atoms with E-state index < -0.39 is 24.1 Å². The van der Waals surface area contributed by atoms with E-state index in [0.717, 1.165) is 12.5 Å². The van der Waals surface area contributed by atoms with Crippen molar-refractivity contribution in [3.63, 3.8) is 0 Å². The lowest BCUT2D eigenvalue weighted by Crippen LogP contribution is -2.41. The highest BCUT2D eigenvalue weighted by Gasteiger charge is 2.34. The molecule has 35 heavy (non-hydrogen) atoms. The number of amides is 1. The van der Waals surface area contributed by atoms with Crippen molar-refractivity contribution in [1.82, 2.24) is 5.32 Å². The minimum atomic E-state index is -0.584. The molecule has 4 rings (SSSR count). The number of hydrogen-bond acceptors (Lipinski definition) is 12. The number of carbonyl (C=O) groups excluding carboxylic acids is 3. The Kier molecular flexibility index (Phi) is 11.3. The summed E-state index contributed by atoms with van der Waals surface area (Å²) in [5.74, 6) is 0.376. The molecule has 2 fully saturated rings. The average molecular weight is 504 g/mol. The van der Waals surface area contributed by atoms with E-state index >= 15 is 0 Å². The van der Waals surface area contributed by atoms with Crippen LogP contribution in [0.4, 0.5) is 0 Å². The van der Waals surface area contributed by atoms with Crippen LogP contribution < -0.4 is 5.32 Å². The fraction of sp³-hybridized carbons (Fsp3) is 0.773. The largest absolute Gasteiger partial charge is 0.479 e. The predicted octanol–water partition coefficient (Wildman–Crippen LogP) is -0.371. The standard InChI is InChI=1S/C10H15NO5.C6H11NO3.C6H9NO2.H2/c1-6-11-9(4-14-6)10(16-8(3)13)5-15-7(2)12;1-4(8)7-5-2-10-3-6(5)9;1-4-7-5-2-8-3-6(5)9-4;/h9-10H,4-5H2,1-3H3;5-6,9H,2-3H2,1H3,(H,7,8);5-6H,2-3H2,1H3;1H/t9-,10+;2*5-,6+;/m000./s1. The van der Waals surface area contributed by atoms with Crippen LogP contribution in [0.2, 0.25) is 0 Å². The third kappa shape index (κ3) is 10.2. The number of rotatable bonds is 5. The molecule has 0 aromatic carbocycles. The molecule has 4 aliphatic rings. The first kappa shape index (κ1) is 28.5. The van der Waals surface area contributed by atoms with Gasteiger partial charge in [-0.15, -0.1) is 0 Å². The smallest absolute Gasteiger partial charge is 0.303 e. The molecule has 0 spiro atoms. The molecule has 4 aliphatic heterocycles. The Balaban J connectivity index is 0.000000280. The molecule has 0 aliphatic carbocycles. The molecule has 0 bridgehead atoms. The highest BCUT2D eigenvalue weighted by molar-refractivity contribution is 5.75. The number of esters is 2. The van der Waals surface area contributed by atoms with E-state index in [1.54, 1.807) is 6.92 Å². The van der Waals surface area contributed by atoms with Gasteiger partial charge in [0.15, 0.2) is 17.9 Å². The Labute approximate surface area is 205 Å². The van der Waals surface area contributed by atoms with Crippen LogP contribution in [0.3, 0.4) is 0 Å². The van der Waals surface area contributed by atoms with Crippen molar-refractivity contribution in [3.8, 4) is 0 Å². The fourth-order valence-electron chi connectivity index (χ4n) is 3.52. The second-order valence-electron chi connectivity index (χ2n) is 8.30. The average Bonchev–Trinajstić information content (AvgIpc) is 3.53. The van der Waals surface area contributed by atoms with Crippen molar-refractivity contribution in [1.29, 1.82) is 0 Å². The van der Waals surface area contributed by atoms with E-state index in [1.807, 2.05) is 6.92 Å². The molecule has 0 unspecified atom stereocenters. The molecule has 1 amide bonds. The molecule has 0 radical (unpaired) electrons. The zero-order valence-corrected chi connectivity index (χ0v) is 20.7. The predicted molar refractivity (Wildman–Crippen MR) is 124 cm³/mol. The molecule has 0 saturated carbocycles. The van der Waals surface area contributed by atoms with Gasteiger partial charge in [-0.2, -0.15) is 0 Å². The van der Waals surface area contributed by atoms with Gasteiger partial charge in [0.25, 0.3) is 0 Å². The Hall–Kier alpha value is -2.77. The summed E-state index contributed by atoms with van der Waals surface area (Å²) in [5, 5.41) is 11.7. The summed E-state index contributed by atoms with van der Waals surface area (Å²) >= 11 is 0. The van der Waals surface area contributed by atoms with Gasteiger partial charge in [0.2, 0.25) is 5.91 Å². The summed E-state index contributed by atoms with van der Waals surface area (Å²) in [6, 6.07) is -0.217. The Morgan fingerprint density at radius 1 is 1.03 bits per heavy atom. The van der Waals surface area contributed by atoms with Crippen molar-refractivity contribution >= 4 is 29.6 Å². The van der Waals surface area contributed by atoms with E-state index in [0.29, 0.717) is 38.4 Å². The quantitative estimate of drug-likeness (QED) is 0.473. The first-order valence-electron chi connectivity index (χ1n) is 11.3. The van der Waals surface area contributed by atoms with Gasteiger partial charge in [-0.25, -0.2) is 9.98 Å². The van der Waals surface area contributed by atoms with Crippen molar-refractivity contribution in [2.24, 2.45) is 9.98 Å². The van der Waals surface area contributed by atoms with E-state index in [4.69, 9.17) is 33.5 Å². The Bertz CT molecular complexity index is 809. The van der Waals surface area contributed by atoms with Gasteiger partial charge in [-0.3, -0.25) is 14.4 Å². The molecule has 2 saturated heterocycles. The number of hydrogen-bond donors (Lipinski definition) is 2. The first-order valence-corrected chi connectivity index (χ1v) is 11.3. The molecular formula is C22H37N3O10. The lowest BCUT2D eigenvalue weighted by Gasteiger charge is -2.19. The third-order valence-corrected chi connectivity index (χ3v) is 5.12. The maximum atomic E-state index is 10.9. The van der Waals surface area contributed by atoms with Gasteiger partial charge in [0.05, 0.1) is 38.6 Å². The van der Waals surface area contributed by atoms with Gasteiger partial charge < -0.3 is 38.8 Å². The lowest BCUT2D eigenvalue weighted by molar-refractivity contribution is -0.157. The van der Waals surface area contributed by atoms with Gasteiger partial charge >= 0.3 is 11.9 Å². The van der Waals surface area contributed by atoms with Crippen molar-refractivity contribution < 1.29 is 49.3 Å². The number of aliphatic imine (C=N–C) groups is 2. The van der Waals surface area contributed by atoms with Crippen LogP contribution in [0.1, 0.15) is 36.0 Å². The number of fused-ring (bicyclic) bond motifs is 1. The molecule has 13 heteroatoms. The Morgan fingerprint density at radius 3 is 2.26 bits per heavy atom. The summed E-state index contributed by atoms with van der Waals surface area (Å²) in [6.07, 6.45) is -0.896. The molecule has 0 aromatic rings. The number of nitrogens with one attached hydrogen (secondary N) is 1. The molecule has 6 atom stereocenters. The monoisotopic (exact) mass is 503 g/mol. The number of carbonyl (C=O) groups is 3. The maximum absolute atomic E-state index is 10.9. The second-order valence-corrected chi connectivity index (χ2v) is 8.30. The molecule has 4 heterocycles. The van der Waals surface area contributed by atoms with E-state index in [-0.39, 0.29) is 32.1 Å². The van der Waals surface area contributed by atoms with Gasteiger partial charge in [-0.1, -0.05) is 0 Å². The maximum Gasteiger partial charge on any atom is 0.303 e. The topological polar surface area (TPSA) is 164 Å². The second kappa shape index (κ2) is 14.0. The molecule has 13 nitrogen and oxygen atoms in total. The number of aliphatic hydroxyl groups is 1. The van der Waals surface area contributed by atoms with Crippen molar-refractivity contribution in [2.45, 2.75) is 71.1 Å². The van der Waals surface area contributed by atoms with Crippen LogP contribution in [0.25, 0.3) is 0 Å². The lowest BCUT2D eigenvalue weighted by atomic mass is 10.2. The summed E-state index contributed by atoms with van der Waals surface area (Å²) in [5.41, 5.74) is 0. The minimum Gasteiger partial charge on any atom is -0.479 e. The van der Waals surface area contributed by atoms with Gasteiger partial charge in [-0.05, 0) is 0 Å². The Morgan fingerprint density at radius 2 is 1.74 bits per heavy atom. The summed E-state index contributed by atoms with van der Waals surface area (Å²) in [6.45, 7) is 10.2. The van der Waals surface area contributed by atoms with Crippen molar-refractivity contribution in [2.75, 3.05) is 39.6 Å². The number of nitrogens with zero attached hydrogens (tertiary/aromatic N) is 2. The SMILES string of the molecule is CC(=O)N[C@H]1COC[C@H]1O.CC(=O)OC[C@@H](OC(C)=O)[C@@H]1COC(C)=N1.CC1=N[C@H]2COC[C@H]2O1.[HH]. The first-order chi connectivity index (χ1) is 16.5. The van der Waals surface area contributed by atoms with Gasteiger partial charge in [0, 0.05) is 36.0 Å². The van der Waals surface area contributed by atoms with Gasteiger partial charge in [0.1, 0.15) is 31.4 Å². The normalized spacial score (nSPS) is 28.9. The summed E-state index contributed by atoms with van der Waals surface area (Å²) in [7, 11) is 0. The molecule has 200 valence electrons. The van der Waals surface area contributed by atoms with E-state index in [9.17, 15) is 14.4 Å². The van der Waals surface area contributed by atoms with E-state index in [1.165, 1.54) is 20.8 Å². The van der Waals surface area contributed by atoms with Crippen LogP contribution in [0.15, 0.2) is 9.98 Å². The van der Waals surface area contributed by atoms with Crippen LogP contribution >= 0.6 is 0 Å². The minimum absolute atomic E-state index is 0. The third-order valence-electron chi connectivity index (χ3n) is 5.12. The molecule has 2 N–H and O–H groups in total. The van der Waals surface area contributed by atoms with Crippen LogP contribution in [0, 0.1) is 0 Å². The molecule has 0 aromatic heterocycles. The zero-order valence-electron chi connectivity index (χ0n) is 20.7. The number of ether oxygens (including phenoxy) is 6. The number of aliphatic hydroxyl groups excluding tert-OH is 1.